The van der Waals surface area contributed by atoms with Gasteiger partial charge in [-0.2, -0.15) is 0 Å². The summed E-state index contributed by atoms with van der Waals surface area (Å²) in [5, 5.41) is -0.0698. The number of imidazole rings is 1. The Kier molecular flexibility index (Phi) is 4.60. The molecule has 0 N–H and O–H groups in total. The molecule has 0 bridgehead atoms. The quantitative estimate of drug-likeness (QED) is 0.575. The molecule has 0 aliphatic rings. The van der Waals surface area contributed by atoms with Gasteiger partial charge in [0.25, 0.3) is 9.05 Å². The second-order valence-corrected chi connectivity index (χ2v) is 5.96. The van der Waals surface area contributed by atoms with Crippen molar-refractivity contribution in [3.05, 3.63) is 12.5 Å². The van der Waals surface area contributed by atoms with E-state index < -0.39 is 9.05 Å². The number of aromatic nitrogens is 2. The summed E-state index contributed by atoms with van der Waals surface area (Å²) in [5.74, 6) is 0. The zero-order valence-corrected chi connectivity index (χ0v) is 10.3. The number of hydrogen-bond donors (Lipinski definition) is 0. The molecule has 1 rings (SSSR count). The molecular formula is C9H15ClN2O2S. The number of hydrogen-bond acceptors (Lipinski definition) is 3. The molecule has 0 aromatic carbocycles. The highest BCUT2D eigenvalue weighted by atomic mass is 35.7. The van der Waals surface area contributed by atoms with E-state index in [0.717, 1.165) is 19.4 Å². The summed E-state index contributed by atoms with van der Waals surface area (Å²) < 4.78 is 23.6. The molecule has 0 saturated heterocycles. The smallest absolute Gasteiger partial charge is 0.280 e. The summed E-state index contributed by atoms with van der Waals surface area (Å²) in [6.45, 7) is 2.94. The van der Waals surface area contributed by atoms with Crippen molar-refractivity contribution >= 4 is 19.7 Å². The molecule has 1 aromatic heterocycles. The van der Waals surface area contributed by atoms with Gasteiger partial charge in [0.1, 0.15) is 0 Å². The molecule has 0 radical (unpaired) electrons. The van der Waals surface area contributed by atoms with Gasteiger partial charge in [-0.1, -0.05) is 26.2 Å². The minimum Gasteiger partial charge on any atom is -0.336 e. The van der Waals surface area contributed by atoms with Crippen LogP contribution in [0.5, 0.6) is 0 Å². The normalized spacial score (nSPS) is 11.9. The molecule has 1 heterocycles. The Hall–Kier alpha value is -0.550. The van der Waals surface area contributed by atoms with Crippen LogP contribution in [-0.2, 0) is 15.6 Å². The third kappa shape index (κ3) is 4.22. The Labute approximate surface area is 94.7 Å². The SMILES string of the molecule is CCCCCCn1cnc(S(=O)(=O)Cl)c1. The van der Waals surface area contributed by atoms with Crippen molar-refractivity contribution in [2.45, 2.75) is 44.2 Å². The minimum atomic E-state index is -3.68. The van der Waals surface area contributed by atoms with Crippen LogP contribution in [0.4, 0.5) is 0 Å². The number of nitrogens with zero attached hydrogens (tertiary/aromatic N) is 2. The molecule has 1 aromatic rings. The minimum absolute atomic E-state index is 0.0698. The summed E-state index contributed by atoms with van der Waals surface area (Å²) >= 11 is 0. The largest absolute Gasteiger partial charge is 0.336 e. The molecule has 86 valence electrons. The van der Waals surface area contributed by atoms with Gasteiger partial charge in [0.15, 0.2) is 5.03 Å². The number of rotatable bonds is 6. The van der Waals surface area contributed by atoms with Crippen molar-refractivity contribution in [2.75, 3.05) is 0 Å². The third-order valence-corrected chi connectivity index (χ3v) is 3.31. The summed E-state index contributed by atoms with van der Waals surface area (Å²) in [7, 11) is 1.48. The van der Waals surface area contributed by atoms with E-state index in [2.05, 4.69) is 11.9 Å². The van der Waals surface area contributed by atoms with Gasteiger partial charge in [-0.25, -0.2) is 13.4 Å². The monoisotopic (exact) mass is 250 g/mol. The molecule has 0 unspecified atom stereocenters. The van der Waals surface area contributed by atoms with Gasteiger partial charge in [-0.3, -0.25) is 0 Å². The fraction of sp³-hybridized carbons (Fsp3) is 0.667. The van der Waals surface area contributed by atoms with E-state index in [1.807, 2.05) is 0 Å². The molecule has 0 amide bonds. The zero-order valence-electron chi connectivity index (χ0n) is 8.69. The second kappa shape index (κ2) is 5.51. The molecular weight excluding hydrogens is 236 g/mol. The van der Waals surface area contributed by atoms with Crippen LogP contribution >= 0.6 is 10.7 Å². The zero-order chi connectivity index (χ0) is 11.3. The summed E-state index contributed by atoms with van der Waals surface area (Å²) in [5.41, 5.74) is 0. The second-order valence-electron chi connectivity index (χ2n) is 3.45. The van der Waals surface area contributed by atoms with Gasteiger partial charge >= 0.3 is 0 Å². The van der Waals surface area contributed by atoms with Crippen LogP contribution in [0.15, 0.2) is 17.6 Å². The summed E-state index contributed by atoms with van der Waals surface area (Å²) in [6.07, 6.45) is 7.54. The van der Waals surface area contributed by atoms with Gasteiger partial charge in [0.2, 0.25) is 0 Å². The van der Waals surface area contributed by atoms with Crippen molar-refractivity contribution in [1.29, 1.82) is 0 Å². The molecule has 0 spiro atoms. The van der Waals surface area contributed by atoms with Crippen LogP contribution < -0.4 is 0 Å². The van der Waals surface area contributed by atoms with Gasteiger partial charge < -0.3 is 4.57 Å². The summed E-state index contributed by atoms with van der Waals surface area (Å²) in [6, 6.07) is 0. The lowest BCUT2D eigenvalue weighted by molar-refractivity contribution is 0.580. The predicted octanol–water partition coefficient (Wildman–Crippen LogP) is 2.39. The molecule has 0 aliphatic carbocycles. The van der Waals surface area contributed by atoms with E-state index in [9.17, 15) is 8.42 Å². The molecule has 0 aliphatic heterocycles. The van der Waals surface area contributed by atoms with Crippen molar-refractivity contribution in [1.82, 2.24) is 9.55 Å². The van der Waals surface area contributed by atoms with Gasteiger partial charge in [0.05, 0.1) is 6.33 Å². The molecule has 4 nitrogen and oxygen atoms in total. The molecule has 15 heavy (non-hydrogen) atoms. The van der Waals surface area contributed by atoms with Crippen molar-refractivity contribution in [3.8, 4) is 0 Å². The first kappa shape index (κ1) is 12.5. The van der Waals surface area contributed by atoms with Gasteiger partial charge in [-0.05, 0) is 6.42 Å². The molecule has 0 fully saturated rings. The molecule has 0 saturated carbocycles. The van der Waals surface area contributed by atoms with E-state index in [-0.39, 0.29) is 5.03 Å². The lowest BCUT2D eigenvalue weighted by atomic mass is 10.2. The van der Waals surface area contributed by atoms with E-state index in [1.165, 1.54) is 25.4 Å². The van der Waals surface area contributed by atoms with Crippen molar-refractivity contribution in [3.63, 3.8) is 0 Å². The maximum atomic E-state index is 10.9. The lowest BCUT2D eigenvalue weighted by Crippen LogP contribution is -1.94. The predicted molar refractivity (Wildman–Crippen MR) is 59.4 cm³/mol. The molecule has 6 heteroatoms. The first-order chi connectivity index (χ1) is 7.04. The lowest BCUT2D eigenvalue weighted by Gasteiger charge is -2.00. The highest BCUT2D eigenvalue weighted by molar-refractivity contribution is 8.13. The highest BCUT2D eigenvalue weighted by Gasteiger charge is 2.12. The van der Waals surface area contributed by atoms with Gasteiger partial charge in [0, 0.05) is 23.4 Å². The number of unbranched alkanes of at least 4 members (excludes halogenated alkanes) is 3. The average molecular weight is 251 g/mol. The highest BCUT2D eigenvalue weighted by Crippen LogP contribution is 2.12. The van der Waals surface area contributed by atoms with E-state index in [1.54, 1.807) is 4.57 Å². The van der Waals surface area contributed by atoms with Crippen LogP contribution in [0, 0.1) is 0 Å². The Morgan fingerprint density at radius 2 is 2.13 bits per heavy atom. The van der Waals surface area contributed by atoms with E-state index in [0.29, 0.717) is 0 Å². The van der Waals surface area contributed by atoms with Crippen LogP contribution in [0.1, 0.15) is 32.6 Å². The van der Waals surface area contributed by atoms with Crippen LogP contribution in [0.2, 0.25) is 0 Å². The third-order valence-electron chi connectivity index (χ3n) is 2.13. The topological polar surface area (TPSA) is 52.0 Å². The molecule has 0 atom stereocenters. The van der Waals surface area contributed by atoms with Crippen LogP contribution in [-0.4, -0.2) is 18.0 Å². The Bertz CT molecular complexity index is 400. The number of halogens is 1. The van der Waals surface area contributed by atoms with E-state index in [4.69, 9.17) is 10.7 Å². The Balaban J connectivity index is 2.47. The van der Waals surface area contributed by atoms with E-state index >= 15 is 0 Å². The van der Waals surface area contributed by atoms with Crippen molar-refractivity contribution < 1.29 is 8.42 Å². The first-order valence-corrected chi connectivity index (χ1v) is 7.31. The summed E-state index contributed by atoms with van der Waals surface area (Å²) in [4.78, 5) is 3.73. The van der Waals surface area contributed by atoms with Crippen LogP contribution in [0.25, 0.3) is 0 Å². The maximum Gasteiger partial charge on any atom is 0.280 e. The van der Waals surface area contributed by atoms with Crippen LogP contribution in [0.3, 0.4) is 0 Å². The van der Waals surface area contributed by atoms with Gasteiger partial charge in [-0.15, -0.1) is 0 Å². The fourth-order valence-electron chi connectivity index (χ4n) is 1.31. The van der Waals surface area contributed by atoms with Crippen molar-refractivity contribution in [2.24, 2.45) is 0 Å². The maximum absolute atomic E-state index is 10.9. The first-order valence-electron chi connectivity index (χ1n) is 5.00. The Morgan fingerprint density at radius 1 is 1.40 bits per heavy atom. The Morgan fingerprint density at radius 3 is 2.67 bits per heavy atom. The number of aryl methyl sites for hydroxylation is 1. The fourth-order valence-corrected chi connectivity index (χ4v) is 1.98. The average Bonchev–Trinajstić information content (AvgIpc) is 2.60. The standard InChI is InChI=1S/C9H15ClN2O2S/c1-2-3-4-5-6-12-7-9(11-8-12)15(10,13)14/h7-8H,2-6H2,1H3.